The third-order valence-electron chi connectivity index (χ3n) is 2.06. The van der Waals surface area contributed by atoms with Gasteiger partial charge in [0.1, 0.15) is 0 Å². The molecule has 0 heterocycles. The summed E-state index contributed by atoms with van der Waals surface area (Å²) in [4.78, 5) is 0. The second kappa shape index (κ2) is 4.51. The van der Waals surface area contributed by atoms with Gasteiger partial charge in [0.25, 0.3) is 0 Å². The zero-order chi connectivity index (χ0) is 7.23. The Hall–Kier alpha value is -0.300. The molecule has 1 rings (SSSR count). The second-order valence-electron chi connectivity index (χ2n) is 2.94. The zero-order valence-corrected chi connectivity index (χ0v) is 6.47. The van der Waals surface area contributed by atoms with Gasteiger partial charge in [-0.25, -0.2) is 0 Å². The first-order valence-corrected chi connectivity index (χ1v) is 4.22. The van der Waals surface area contributed by atoms with E-state index in [4.69, 9.17) is 5.11 Å². The Morgan fingerprint density at radius 3 is 2.50 bits per heavy atom. The van der Waals surface area contributed by atoms with E-state index in [1.54, 1.807) is 5.57 Å². The molecule has 0 saturated heterocycles. The molecule has 0 aromatic heterocycles. The van der Waals surface area contributed by atoms with Gasteiger partial charge in [-0.05, 0) is 32.1 Å². The minimum Gasteiger partial charge on any atom is -0.396 e. The fourth-order valence-corrected chi connectivity index (χ4v) is 1.48. The maximum absolute atomic E-state index is 8.55. The second-order valence-corrected chi connectivity index (χ2v) is 2.94. The van der Waals surface area contributed by atoms with Crippen molar-refractivity contribution in [3.05, 3.63) is 11.6 Å². The van der Waals surface area contributed by atoms with E-state index >= 15 is 0 Å². The molecule has 0 spiro atoms. The summed E-state index contributed by atoms with van der Waals surface area (Å²) in [6.45, 7) is 0.309. The van der Waals surface area contributed by atoms with Crippen LogP contribution in [0, 0.1) is 0 Å². The van der Waals surface area contributed by atoms with Crippen molar-refractivity contribution in [3.8, 4) is 0 Å². The van der Waals surface area contributed by atoms with Crippen molar-refractivity contribution < 1.29 is 5.11 Å². The van der Waals surface area contributed by atoms with Crippen LogP contribution in [0.2, 0.25) is 0 Å². The smallest absolute Gasteiger partial charge is 0.0465 e. The molecule has 0 bridgehead atoms. The Labute approximate surface area is 62.8 Å². The van der Waals surface area contributed by atoms with Gasteiger partial charge in [0, 0.05) is 6.61 Å². The lowest BCUT2D eigenvalue weighted by Gasteiger charge is -2.12. The van der Waals surface area contributed by atoms with Crippen LogP contribution < -0.4 is 0 Å². The van der Waals surface area contributed by atoms with Gasteiger partial charge in [-0.2, -0.15) is 0 Å². The minimum absolute atomic E-state index is 0.309. The summed E-state index contributed by atoms with van der Waals surface area (Å²) in [5.74, 6) is 0. The lowest BCUT2D eigenvalue weighted by molar-refractivity contribution is 0.302. The molecule has 0 aliphatic heterocycles. The monoisotopic (exact) mass is 140 g/mol. The zero-order valence-electron chi connectivity index (χ0n) is 6.47. The predicted octanol–water partition coefficient (Wildman–Crippen LogP) is 2.26. The first-order valence-electron chi connectivity index (χ1n) is 4.22. The Morgan fingerprint density at radius 1 is 1.20 bits per heavy atom. The third-order valence-corrected chi connectivity index (χ3v) is 2.06. The van der Waals surface area contributed by atoms with Gasteiger partial charge < -0.3 is 5.11 Å². The predicted molar refractivity (Wildman–Crippen MR) is 42.9 cm³/mol. The Balaban J connectivity index is 2.23. The highest BCUT2D eigenvalue weighted by Gasteiger charge is 2.03. The molecule has 0 aromatic carbocycles. The summed E-state index contributed by atoms with van der Waals surface area (Å²) in [6, 6.07) is 0. The highest BCUT2D eigenvalue weighted by Crippen LogP contribution is 2.22. The number of rotatable bonds is 2. The lowest BCUT2D eigenvalue weighted by Crippen LogP contribution is -1.93. The third kappa shape index (κ3) is 2.53. The SMILES string of the molecule is OCCC=C1CCCCC1. The summed E-state index contributed by atoms with van der Waals surface area (Å²) >= 11 is 0. The van der Waals surface area contributed by atoms with Gasteiger partial charge in [0.15, 0.2) is 0 Å². The molecule has 0 aromatic rings. The van der Waals surface area contributed by atoms with E-state index in [0.717, 1.165) is 6.42 Å². The van der Waals surface area contributed by atoms with Crippen LogP contribution in [0.3, 0.4) is 0 Å². The van der Waals surface area contributed by atoms with E-state index in [1.807, 2.05) is 0 Å². The maximum atomic E-state index is 8.55. The molecule has 10 heavy (non-hydrogen) atoms. The fraction of sp³-hybridized carbons (Fsp3) is 0.778. The molecular formula is C9H16O. The van der Waals surface area contributed by atoms with Crippen molar-refractivity contribution in [1.82, 2.24) is 0 Å². The van der Waals surface area contributed by atoms with Crippen molar-refractivity contribution >= 4 is 0 Å². The Morgan fingerprint density at radius 2 is 1.90 bits per heavy atom. The Bertz CT molecular complexity index is 108. The normalized spacial score (nSPS) is 19.1. The van der Waals surface area contributed by atoms with Crippen molar-refractivity contribution in [1.29, 1.82) is 0 Å². The highest BCUT2D eigenvalue weighted by atomic mass is 16.2. The average molecular weight is 140 g/mol. The van der Waals surface area contributed by atoms with Gasteiger partial charge in [-0.15, -0.1) is 0 Å². The van der Waals surface area contributed by atoms with Crippen molar-refractivity contribution in [2.45, 2.75) is 38.5 Å². The molecule has 58 valence electrons. The van der Waals surface area contributed by atoms with E-state index in [-0.39, 0.29) is 0 Å². The van der Waals surface area contributed by atoms with Gasteiger partial charge in [-0.1, -0.05) is 18.1 Å². The summed E-state index contributed by atoms with van der Waals surface area (Å²) in [5.41, 5.74) is 1.57. The molecule has 1 heteroatoms. The molecule has 1 nitrogen and oxygen atoms in total. The van der Waals surface area contributed by atoms with Crippen LogP contribution in [0.5, 0.6) is 0 Å². The quantitative estimate of drug-likeness (QED) is 0.583. The molecular weight excluding hydrogens is 124 g/mol. The lowest BCUT2D eigenvalue weighted by atomic mass is 9.94. The van der Waals surface area contributed by atoms with Crippen molar-refractivity contribution in [2.24, 2.45) is 0 Å². The number of hydrogen-bond acceptors (Lipinski definition) is 1. The summed E-state index contributed by atoms with van der Waals surface area (Å²) in [5, 5.41) is 8.55. The standard InChI is InChI=1S/C9H16O/c10-8-4-7-9-5-2-1-3-6-9/h7,10H,1-6,8H2. The van der Waals surface area contributed by atoms with Crippen LogP contribution in [0.15, 0.2) is 11.6 Å². The highest BCUT2D eigenvalue weighted by molar-refractivity contribution is 5.03. The van der Waals surface area contributed by atoms with Gasteiger partial charge in [0.05, 0.1) is 0 Å². The van der Waals surface area contributed by atoms with Crippen LogP contribution >= 0.6 is 0 Å². The molecule has 0 unspecified atom stereocenters. The number of aliphatic hydroxyl groups excluding tert-OH is 1. The van der Waals surface area contributed by atoms with Gasteiger partial charge in [-0.3, -0.25) is 0 Å². The number of allylic oxidation sites excluding steroid dienone is 1. The molecule has 1 N–H and O–H groups in total. The van der Waals surface area contributed by atoms with E-state index in [2.05, 4.69) is 6.08 Å². The van der Waals surface area contributed by atoms with Crippen LogP contribution in [0.25, 0.3) is 0 Å². The van der Waals surface area contributed by atoms with Crippen LogP contribution in [0.4, 0.5) is 0 Å². The fourth-order valence-electron chi connectivity index (χ4n) is 1.48. The first kappa shape index (κ1) is 7.80. The van der Waals surface area contributed by atoms with E-state index in [0.29, 0.717) is 6.61 Å². The molecule has 0 amide bonds. The number of aliphatic hydroxyl groups is 1. The molecule has 0 atom stereocenters. The van der Waals surface area contributed by atoms with E-state index in [1.165, 1.54) is 32.1 Å². The molecule has 1 fully saturated rings. The Kier molecular flexibility index (Phi) is 3.52. The van der Waals surface area contributed by atoms with Crippen LogP contribution in [0.1, 0.15) is 38.5 Å². The summed E-state index contributed by atoms with van der Waals surface area (Å²) in [7, 11) is 0. The maximum Gasteiger partial charge on any atom is 0.0465 e. The summed E-state index contributed by atoms with van der Waals surface area (Å²) in [6.07, 6.45) is 9.74. The van der Waals surface area contributed by atoms with Gasteiger partial charge in [0.2, 0.25) is 0 Å². The van der Waals surface area contributed by atoms with E-state index in [9.17, 15) is 0 Å². The van der Waals surface area contributed by atoms with Crippen LogP contribution in [-0.2, 0) is 0 Å². The molecule has 0 radical (unpaired) electrons. The van der Waals surface area contributed by atoms with Crippen LogP contribution in [-0.4, -0.2) is 11.7 Å². The number of hydrogen-bond donors (Lipinski definition) is 1. The molecule has 1 aliphatic carbocycles. The average Bonchev–Trinajstić information content (AvgIpc) is 2.03. The molecule has 1 aliphatic rings. The van der Waals surface area contributed by atoms with E-state index < -0.39 is 0 Å². The minimum atomic E-state index is 0.309. The van der Waals surface area contributed by atoms with Crippen molar-refractivity contribution in [2.75, 3.05) is 6.61 Å². The topological polar surface area (TPSA) is 20.2 Å². The first-order chi connectivity index (χ1) is 4.93. The largest absolute Gasteiger partial charge is 0.396 e. The summed E-state index contributed by atoms with van der Waals surface area (Å²) < 4.78 is 0. The van der Waals surface area contributed by atoms with Crippen molar-refractivity contribution in [3.63, 3.8) is 0 Å². The van der Waals surface area contributed by atoms with Gasteiger partial charge >= 0.3 is 0 Å². The molecule has 1 saturated carbocycles.